The van der Waals surface area contributed by atoms with E-state index in [1.165, 1.54) is 4.90 Å². The Morgan fingerprint density at radius 1 is 1.31 bits per heavy atom. The molecular weight excluding hydrogens is 420 g/mol. The van der Waals surface area contributed by atoms with Gasteiger partial charge in [0.1, 0.15) is 12.3 Å². The third-order valence-corrected chi connectivity index (χ3v) is 5.07. The monoisotopic (exact) mass is 436 g/mol. The van der Waals surface area contributed by atoms with Gasteiger partial charge >= 0.3 is 0 Å². The van der Waals surface area contributed by atoms with Crippen LogP contribution in [-0.4, -0.2) is 36.4 Å². The lowest BCUT2D eigenvalue weighted by Gasteiger charge is -2.31. The Kier molecular flexibility index (Phi) is 5.84. The van der Waals surface area contributed by atoms with Crippen molar-refractivity contribution >= 4 is 45.0 Å². The normalized spacial score (nSPS) is 13.2. The van der Waals surface area contributed by atoms with E-state index in [4.69, 9.17) is 16.3 Å². The van der Waals surface area contributed by atoms with E-state index in [1.807, 2.05) is 31.2 Å². The molecule has 2 amide bonds. The lowest BCUT2D eigenvalue weighted by Crippen LogP contribution is -2.46. The second kappa shape index (κ2) is 8.10. The van der Waals surface area contributed by atoms with E-state index in [1.54, 1.807) is 23.1 Å². The third kappa shape index (κ3) is 4.02. The number of anilines is 1. The molecule has 5 nitrogen and oxygen atoms in total. The summed E-state index contributed by atoms with van der Waals surface area (Å²) in [5.74, 6) is 0.208. The highest BCUT2D eigenvalue weighted by Crippen LogP contribution is 2.34. The second-order valence-electron chi connectivity index (χ2n) is 5.88. The Hall–Kier alpha value is -2.05. The van der Waals surface area contributed by atoms with Crippen LogP contribution in [0.25, 0.3) is 0 Å². The van der Waals surface area contributed by atoms with Gasteiger partial charge in [-0.3, -0.25) is 14.5 Å². The van der Waals surface area contributed by atoms with Crippen molar-refractivity contribution in [1.29, 1.82) is 0 Å². The third-order valence-electron chi connectivity index (χ3n) is 4.21. The Morgan fingerprint density at radius 3 is 2.81 bits per heavy atom. The number of fused-ring (bicyclic) bond motifs is 1. The summed E-state index contributed by atoms with van der Waals surface area (Å²) in [4.78, 5) is 28.3. The number of ether oxygens (including phenoxy) is 1. The summed E-state index contributed by atoms with van der Waals surface area (Å²) in [5, 5.41) is 0.622. The first kappa shape index (κ1) is 18.7. The van der Waals surface area contributed by atoms with Gasteiger partial charge in [0.2, 0.25) is 5.91 Å². The average Bonchev–Trinajstić information content (AvgIpc) is 2.63. The first-order valence-electron chi connectivity index (χ1n) is 8.23. The molecule has 1 aliphatic heterocycles. The fraction of sp³-hybridized carbons (Fsp3) is 0.263. The molecule has 0 radical (unpaired) electrons. The van der Waals surface area contributed by atoms with E-state index in [0.29, 0.717) is 29.5 Å². The lowest BCUT2D eigenvalue weighted by atomic mass is 10.2. The Labute approximate surface area is 165 Å². The van der Waals surface area contributed by atoms with Gasteiger partial charge in [0, 0.05) is 22.6 Å². The van der Waals surface area contributed by atoms with Crippen LogP contribution < -0.4 is 9.64 Å². The average molecular weight is 438 g/mol. The first-order chi connectivity index (χ1) is 12.5. The highest BCUT2D eigenvalue weighted by molar-refractivity contribution is 9.10. The van der Waals surface area contributed by atoms with Crippen LogP contribution in [0.1, 0.15) is 12.5 Å². The molecule has 1 heterocycles. The number of halogens is 2. The fourth-order valence-corrected chi connectivity index (χ4v) is 3.33. The smallest absolute Gasteiger partial charge is 0.265 e. The van der Waals surface area contributed by atoms with Crippen LogP contribution in [0.15, 0.2) is 46.9 Å². The highest BCUT2D eigenvalue weighted by Gasteiger charge is 2.29. The molecule has 7 heteroatoms. The zero-order chi connectivity index (χ0) is 18.7. The molecule has 2 aromatic rings. The lowest BCUT2D eigenvalue weighted by molar-refractivity contribution is -0.132. The van der Waals surface area contributed by atoms with Gasteiger partial charge in [0.05, 0.1) is 5.69 Å². The maximum Gasteiger partial charge on any atom is 0.265 e. The molecule has 0 aliphatic carbocycles. The van der Waals surface area contributed by atoms with Crippen molar-refractivity contribution in [2.24, 2.45) is 0 Å². The maximum atomic E-state index is 12.8. The van der Waals surface area contributed by atoms with Crippen LogP contribution in [0.2, 0.25) is 5.02 Å². The molecule has 0 spiro atoms. The van der Waals surface area contributed by atoms with E-state index < -0.39 is 0 Å². The molecule has 0 aromatic heterocycles. The fourth-order valence-electron chi connectivity index (χ4n) is 2.80. The molecule has 3 rings (SSSR count). The van der Waals surface area contributed by atoms with Crippen molar-refractivity contribution < 1.29 is 14.3 Å². The van der Waals surface area contributed by atoms with Crippen molar-refractivity contribution in [2.45, 2.75) is 13.5 Å². The van der Waals surface area contributed by atoms with Gasteiger partial charge in [-0.15, -0.1) is 0 Å². The van der Waals surface area contributed by atoms with Gasteiger partial charge < -0.3 is 9.64 Å². The molecule has 26 heavy (non-hydrogen) atoms. The van der Waals surface area contributed by atoms with Crippen molar-refractivity contribution in [1.82, 2.24) is 4.90 Å². The molecule has 2 aromatic carbocycles. The van der Waals surface area contributed by atoms with Crippen molar-refractivity contribution in [3.63, 3.8) is 0 Å². The van der Waals surface area contributed by atoms with Gasteiger partial charge in [0.15, 0.2) is 6.61 Å². The Bertz CT molecular complexity index is 843. The number of nitrogens with zero attached hydrogens (tertiary/aromatic N) is 2. The number of carbonyl (C=O) groups excluding carboxylic acids is 2. The summed E-state index contributed by atoms with van der Waals surface area (Å²) in [6.45, 7) is 2.72. The minimum absolute atomic E-state index is 0.0326. The van der Waals surface area contributed by atoms with Gasteiger partial charge in [0.25, 0.3) is 5.91 Å². The molecule has 0 saturated heterocycles. The number of benzene rings is 2. The molecule has 0 atom stereocenters. The number of carbonyl (C=O) groups is 2. The van der Waals surface area contributed by atoms with Crippen molar-refractivity contribution in [3.05, 3.63) is 57.5 Å². The summed E-state index contributed by atoms with van der Waals surface area (Å²) < 4.78 is 6.32. The summed E-state index contributed by atoms with van der Waals surface area (Å²) in [6, 6.07) is 12.8. The van der Waals surface area contributed by atoms with Crippen molar-refractivity contribution in [2.75, 3.05) is 24.6 Å². The van der Waals surface area contributed by atoms with Crippen LogP contribution in [0, 0.1) is 0 Å². The minimum Gasteiger partial charge on any atom is -0.482 e. The molecule has 136 valence electrons. The van der Waals surface area contributed by atoms with Crippen molar-refractivity contribution in [3.8, 4) is 5.75 Å². The summed E-state index contributed by atoms with van der Waals surface area (Å²) in [7, 11) is 0. The van der Waals surface area contributed by atoms with Crippen LogP contribution in [0.4, 0.5) is 5.69 Å². The molecule has 0 unspecified atom stereocenters. The SMILES string of the molecule is CCN(Cc1ccccc1Cl)C(=O)CN1C(=O)COc2cc(Br)ccc21. The van der Waals surface area contributed by atoms with Gasteiger partial charge in [-0.05, 0) is 36.8 Å². The zero-order valence-electron chi connectivity index (χ0n) is 14.2. The van der Waals surface area contributed by atoms with E-state index in [2.05, 4.69) is 15.9 Å². The highest BCUT2D eigenvalue weighted by atomic mass is 79.9. The minimum atomic E-state index is -0.234. The Morgan fingerprint density at radius 2 is 2.08 bits per heavy atom. The van der Waals surface area contributed by atoms with Crippen LogP contribution >= 0.6 is 27.5 Å². The molecule has 0 saturated carbocycles. The topological polar surface area (TPSA) is 49.9 Å². The van der Waals surface area contributed by atoms with Gasteiger partial charge in [-0.25, -0.2) is 0 Å². The molecule has 0 N–H and O–H groups in total. The summed E-state index contributed by atoms with van der Waals surface area (Å²) in [6.07, 6.45) is 0. The van der Waals surface area contributed by atoms with Gasteiger partial charge in [-0.1, -0.05) is 45.7 Å². The Balaban J connectivity index is 1.78. The zero-order valence-corrected chi connectivity index (χ0v) is 16.6. The molecular formula is C19H18BrClN2O3. The van der Waals surface area contributed by atoms with E-state index in [9.17, 15) is 9.59 Å². The number of hydrogen-bond acceptors (Lipinski definition) is 3. The second-order valence-corrected chi connectivity index (χ2v) is 7.20. The largest absolute Gasteiger partial charge is 0.482 e. The maximum absolute atomic E-state index is 12.8. The van der Waals surface area contributed by atoms with E-state index in [-0.39, 0.29) is 25.0 Å². The molecule has 0 fully saturated rings. The van der Waals surface area contributed by atoms with Gasteiger partial charge in [-0.2, -0.15) is 0 Å². The van der Waals surface area contributed by atoms with E-state index in [0.717, 1.165) is 10.0 Å². The first-order valence-corrected chi connectivity index (χ1v) is 9.40. The van der Waals surface area contributed by atoms with Crippen LogP contribution in [0.5, 0.6) is 5.75 Å². The predicted molar refractivity (Wildman–Crippen MR) is 105 cm³/mol. The van der Waals surface area contributed by atoms with Crippen LogP contribution in [-0.2, 0) is 16.1 Å². The molecule has 0 bridgehead atoms. The number of hydrogen-bond donors (Lipinski definition) is 0. The number of rotatable bonds is 5. The van der Waals surface area contributed by atoms with Crippen LogP contribution in [0.3, 0.4) is 0 Å². The summed E-state index contributed by atoms with van der Waals surface area (Å²) >= 11 is 9.59. The molecule has 1 aliphatic rings. The quantitative estimate of drug-likeness (QED) is 0.713. The number of likely N-dealkylation sites (N-methyl/N-ethyl adjacent to an activating group) is 1. The summed E-state index contributed by atoms with van der Waals surface area (Å²) in [5.41, 5.74) is 1.48. The standard InChI is InChI=1S/C19H18BrClN2O3/c1-2-22(10-13-5-3-4-6-15(13)21)18(24)11-23-16-8-7-14(20)9-17(16)26-12-19(23)25/h3-9H,2,10-12H2,1H3. The predicted octanol–water partition coefficient (Wildman–Crippen LogP) is 3.88. The van der Waals surface area contributed by atoms with E-state index >= 15 is 0 Å². The number of amides is 2.